The summed E-state index contributed by atoms with van der Waals surface area (Å²) in [4.78, 5) is 13.7. The molecule has 0 aliphatic carbocycles. The highest BCUT2D eigenvalue weighted by Gasteiger charge is 2.32. The van der Waals surface area contributed by atoms with Crippen molar-refractivity contribution in [3.63, 3.8) is 0 Å². The van der Waals surface area contributed by atoms with E-state index in [2.05, 4.69) is 17.3 Å². The largest absolute Gasteiger partial charge is 0.338 e. The smallest absolute Gasteiger partial charge is 0.317 e. The van der Waals surface area contributed by atoms with Crippen molar-refractivity contribution in [2.24, 2.45) is 5.92 Å². The molecule has 1 aliphatic heterocycles. The minimum atomic E-state index is -2.98. The van der Waals surface area contributed by atoms with E-state index in [0.29, 0.717) is 13.0 Å². The Morgan fingerprint density at radius 2 is 2.22 bits per heavy atom. The molecule has 1 aliphatic rings. The number of urea groups is 1. The van der Waals surface area contributed by atoms with Crippen LogP contribution in [0.4, 0.5) is 4.79 Å². The Morgan fingerprint density at radius 3 is 2.74 bits per heavy atom. The summed E-state index contributed by atoms with van der Waals surface area (Å²) in [5, 5.41) is 7.30. The minimum Gasteiger partial charge on any atom is -0.338 e. The van der Waals surface area contributed by atoms with Crippen LogP contribution in [0.1, 0.15) is 24.7 Å². The molecule has 0 unspecified atom stereocenters. The van der Waals surface area contributed by atoms with Gasteiger partial charge in [0.25, 0.3) is 0 Å². The first-order chi connectivity index (χ1) is 10.7. The fourth-order valence-electron chi connectivity index (χ4n) is 2.85. The van der Waals surface area contributed by atoms with Crippen molar-refractivity contribution in [3.8, 4) is 0 Å². The highest BCUT2D eigenvalue weighted by atomic mass is 32.2. The van der Waals surface area contributed by atoms with E-state index in [-0.39, 0.29) is 29.5 Å². The van der Waals surface area contributed by atoms with E-state index in [1.807, 2.05) is 24.6 Å². The molecule has 23 heavy (non-hydrogen) atoms. The number of aryl methyl sites for hydroxylation is 2. The van der Waals surface area contributed by atoms with Crippen LogP contribution in [-0.4, -0.2) is 60.3 Å². The molecular formula is C15H26N4O3S. The maximum Gasteiger partial charge on any atom is 0.317 e. The zero-order valence-corrected chi connectivity index (χ0v) is 15.1. The summed E-state index contributed by atoms with van der Waals surface area (Å²) in [7, 11) is -1.32. The molecule has 0 bridgehead atoms. The first kappa shape index (κ1) is 17.8. The fraction of sp³-hybridized carbons (Fsp3) is 0.733. The number of nitrogens with zero attached hydrogens (tertiary/aromatic N) is 3. The number of carbonyl (C=O) groups is 1. The molecule has 0 saturated carbocycles. The lowest BCUT2D eigenvalue weighted by atomic mass is 10.2. The van der Waals surface area contributed by atoms with Crippen LogP contribution in [0.25, 0.3) is 0 Å². The van der Waals surface area contributed by atoms with Crippen molar-refractivity contribution in [2.75, 3.05) is 25.1 Å². The predicted octanol–water partition coefficient (Wildman–Crippen LogP) is 0.965. The molecular weight excluding hydrogens is 316 g/mol. The lowest BCUT2D eigenvalue weighted by Gasteiger charge is -2.24. The van der Waals surface area contributed by atoms with Crippen LogP contribution in [0, 0.1) is 19.8 Å². The number of hydrogen-bond acceptors (Lipinski definition) is 4. The molecule has 2 atom stereocenters. The molecule has 2 amide bonds. The zero-order chi connectivity index (χ0) is 17.2. The van der Waals surface area contributed by atoms with Gasteiger partial charge in [-0.15, -0.1) is 0 Å². The van der Waals surface area contributed by atoms with Gasteiger partial charge >= 0.3 is 6.03 Å². The number of sulfone groups is 1. The molecule has 130 valence electrons. The van der Waals surface area contributed by atoms with Crippen LogP contribution in [0.3, 0.4) is 0 Å². The van der Waals surface area contributed by atoms with Gasteiger partial charge in [0.1, 0.15) is 0 Å². The summed E-state index contributed by atoms with van der Waals surface area (Å²) in [6, 6.07) is 1.60. The normalized spacial score (nSPS) is 21.1. The van der Waals surface area contributed by atoms with Gasteiger partial charge in [-0.3, -0.25) is 4.68 Å². The SMILES string of the molecule is Cc1cc(C)n(C[C@@H](C)CNC(=O)N(C)[C@H]2CCS(=O)(=O)C2)n1. The molecule has 1 saturated heterocycles. The average Bonchev–Trinajstić information content (AvgIpc) is 2.97. The summed E-state index contributed by atoms with van der Waals surface area (Å²) < 4.78 is 25.0. The maximum atomic E-state index is 12.2. The molecule has 1 aromatic rings. The van der Waals surface area contributed by atoms with Crippen LogP contribution in [0.15, 0.2) is 6.07 Å². The Morgan fingerprint density at radius 1 is 1.52 bits per heavy atom. The number of hydrogen-bond donors (Lipinski definition) is 1. The lowest BCUT2D eigenvalue weighted by molar-refractivity contribution is 0.193. The highest BCUT2D eigenvalue weighted by molar-refractivity contribution is 7.91. The van der Waals surface area contributed by atoms with Crippen LogP contribution in [0.5, 0.6) is 0 Å². The summed E-state index contributed by atoms with van der Waals surface area (Å²) >= 11 is 0. The summed E-state index contributed by atoms with van der Waals surface area (Å²) in [6.07, 6.45) is 0.521. The van der Waals surface area contributed by atoms with Gasteiger partial charge in [-0.25, -0.2) is 13.2 Å². The molecule has 0 aromatic carbocycles. The molecule has 0 radical (unpaired) electrons. The number of rotatable bonds is 5. The maximum absolute atomic E-state index is 12.2. The summed E-state index contributed by atoms with van der Waals surface area (Å²) in [6.45, 7) is 7.29. The van der Waals surface area contributed by atoms with Crippen molar-refractivity contribution in [3.05, 3.63) is 17.5 Å². The first-order valence-electron chi connectivity index (χ1n) is 7.90. The Kier molecular flexibility index (Phi) is 5.33. The third-order valence-corrected chi connectivity index (χ3v) is 6.02. The quantitative estimate of drug-likeness (QED) is 0.864. The molecule has 1 fully saturated rings. The third kappa shape index (κ3) is 4.70. The summed E-state index contributed by atoms with van der Waals surface area (Å²) in [5.41, 5.74) is 2.09. The van der Waals surface area contributed by atoms with E-state index in [1.54, 1.807) is 7.05 Å². The molecule has 2 heterocycles. The Balaban J connectivity index is 1.80. The second-order valence-corrected chi connectivity index (χ2v) is 8.80. The van der Waals surface area contributed by atoms with Gasteiger partial charge in [-0.2, -0.15) is 5.10 Å². The average molecular weight is 342 g/mol. The van der Waals surface area contributed by atoms with E-state index in [1.165, 1.54) is 4.90 Å². The van der Waals surface area contributed by atoms with Crippen LogP contribution >= 0.6 is 0 Å². The van der Waals surface area contributed by atoms with Gasteiger partial charge in [0.05, 0.1) is 17.2 Å². The highest BCUT2D eigenvalue weighted by Crippen LogP contribution is 2.16. The van der Waals surface area contributed by atoms with Gasteiger partial charge in [-0.05, 0) is 32.3 Å². The van der Waals surface area contributed by atoms with Crippen LogP contribution in [0.2, 0.25) is 0 Å². The molecule has 2 rings (SSSR count). The second-order valence-electron chi connectivity index (χ2n) is 6.57. The Bertz CT molecular complexity index is 668. The molecule has 8 heteroatoms. The van der Waals surface area contributed by atoms with E-state index in [4.69, 9.17) is 0 Å². The van der Waals surface area contributed by atoms with Gasteiger partial charge < -0.3 is 10.2 Å². The van der Waals surface area contributed by atoms with Gasteiger partial charge in [0.2, 0.25) is 0 Å². The van der Waals surface area contributed by atoms with E-state index >= 15 is 0 Å². The first-order valence-corrected chi connectivity index (χ1v) is 9.72. The van der Waals surface area contributed by atoms with Gasteiger partial charge in [-0.1, -0.05) is 6.92 Å². The molecule has 0 spiro atoms. The van der Waals surface area contributed by atoms with Crippen LogP contribution in [-0.2, 0) is 16.4 Å². The van der Waals surface area contributed by atoms with Crippen molar-refractivity contribution in [1.82, 2.24) is 20.0 Å². The van der Waals surface area contributed by atoms with E-state index < -0.39 is 9.84 Å². The standard InChI is InChI=1S/C15H26N4O3S/c1-11(9-19-13(3)7-12(2)17-19)8-16-15(20)18(4)14-5-6-23(21,22)10-14/h7,11,14H,5-6,8-10H2,1-4H3,(H,16,20)/t11-,14-/m0/s1. The topological polar surface area (TPSA) is 84.3 Å². The van der Waals surface area contributed by atoms with Gasteiger partial charge in [0, 0.05) is 31.9 Å². The Hall–Kier alpha value is -1.57. The van der Waals surface area contributed by atoms with E-state index in [9.17, 15) is 13.2 Å². The van der Waals surface area contributed by atoms with Crippen molar-refractivity contribution >= 4 is 15.9 Å². The molecule has 1 aromatic heterocycles. The predicted molar refractivity (Wildman–Crippen MR) is 89.1 cm³/mol. The summed E-state index contributed by atoms with van der Waals surface area (Å²) in [5.74, 6) is 0.472. The monoisotopic (exact) mass is 342 g/mol. The van der Waals surface area contributed by atoms with Crippen molar-refractivity contribution in [1.29, 1.82) is 0 Å². The molecule has 1 N–H and O–H groups in total. The number of aromatic nitrogens is 2. The van der Waals surface area contributed by atoms with Crippen molar-refractivity contribution in [2.45, 2.75) is 39.8 Å². The third-order valence-electron chi connectivity index (χ3n) is 4.27. The number of amides is 2. The van der Waals surface area contributed by atoms with E-state index in [0.717, 1.165) is 17.9 Å². The van der Waals surface area contributed by atoms with Crippen molar-refractivity contribution < 1.29 is 13.2 Å². The lowest BCUT2D eigenvalue weighted by Crippen LogP contribution is -2.45. The second kappa shape index (κ2) is 6.90. The Labute approximate surface area is 138 Å². The fourth-order valence-corrected chi connectivity index (χ4v) is 4.63. The number of carbonyl (C=O) groups excluding carboxylic acids is 1. The minimum absolute atomic E-state index is 0.0677. The van der Waals surface area contributed by atoms with Gasteiger partial charge in [0.15, 0.2) is 9.84 Å². The molecule has 7 nitrogen and oxygen atoms in total. The zero-order valence-electron chi connectivity index (χ0n) is 14.2. The van der Waals surface area contributed by atoms with Crippen LogP contribution < -0.4 is 5.32 Å². The number of nitrogens with one attached hydrogen (secondary N) is 1.